The molecule has 6 nitrogen and oxygen atoms in total. The van der Waals surface area contributed by atoms with Crippen molar-refractivity contribution in [1.29, 1.82) is 0 Å². The van der Waals surface area contributed by atoms with Gasteiger partial charge < -0.3 is 9.84 Å². The van der Waals surface area contributed by atoms with Crippen molar-refractivity contribution in [2.45, 2.75) is 25.4 Å². The Hall–Kier alpha value is -2.99. The van der Waals surface area contributed by atoms with Crippen molar-refractivity contribution in [3.8, 4) is 0 Å². The molecule has 2 aliphatic rings. The minimum atomic E-state index is -1.99. The third-order valence-corrected chi connectivity index (χ3v) is 5.58. The maximum atomic E-state index is 13.3. The van der Waals surface area contributed by atoms with Gasteiger partial charge in [-0.3, -0.25) is 19.3 Å². The van der Waals surface area contributed by atoms with Crippen LogP contribution in [0.2, 0.25) is 0 Å². The van der Waals surface area contributed by atoms with Crippen LogP contribution in [0.4, 0.5) is 5.69 Å². The van der Waals surface area contributed by atoms with Gasteiger partial charge in [0.05, 0.1) is 18.2 Å². The summed E-state index contributed by atoms with van der Waals surface area (Å²) >= 11 is 0. The number of esters is 1. The first-order chi connectivity index (χ1) is 13.5. The van der Waals surface area contributed by atoms with Crippen LogP contribution in [0.15, 0.2) is 48.5 Å². The SMILES string of the molecule is CCOC(=O)CN1C(=O)[C@](O)([C@@H]2CCc3ccccc3C2=O)c2ccccc21. The number of benzene rings is 2. The number of carbonyl (C=O) groups excluding carboxylic acids is 3. The number of aliphatic hydroxyl groups is 1. The van der Waals surface area contributed by atoms with Crippen molar-refractivity contribution in [3.63, 3.8) is 0 Å². The molecule has 28 heavy (non-hydrogen) atoms. The normalized spacial score (nSPS) is 23.4. The molecule has 0 unspecified atom stereocenters. The lowest BCUT2D eigenvalue weighted by Crippen LogP contribution is -2.50. The van der Waals surface area contributed by atoms with Gasteiger partial charge in [-0.1, -0.05) is 42.5 Å². The van der Waals surface area contributed by atoms with E-state index in [0.717, 1.165) is 5.56 Å². The summed E-state index contributed by atoms with van der Waals surface area (Å²) in [5.41, 5.74) is 0.278. The fourth-order valence-corrected chi connectivity index (χ4v) is 4.29. The van der Waals surface area contributed by atoms with E-state index in [1.54, 1.807) is 43.3 Å². The van der Waals surface area contributed by atoms with Gasteiger partial charge in [0.2, 0.25) is 0 Å². The first kappa shape index (κ1) is 18.4. The predicted molar refractivity (Wildman–Crippen MR) is 102 cm³/mol. The Balaban J connectivity index is 1.76. The standard InChI is InChI=1S/C22H21NO5/c1-2-28-19(24)13-23-18-10-6-5-9-16(18)22(27,21(23)26)17-12-11-14-7-3-4-8-15(14)20(17)25/h3-10,17,27H,2,11-13H2,1H3/t17-,22-/m1/s1. The highest BCUT2D eigenvalue weighted by Gasteiger charge is 2.57. The Kier molecular flexibility index (Phi) is 4.51. The molecule has 1 heterocycles. The first-order valence-electron chi connectivity index (χ1n) is 9.40. The number of anilines is 1. The van der Waals surface area contributed by atoms with E-state index in [4.69, 9.17) is 4.74 Å². The number of Topliss-reactive ketones (excluding diaryl/α,β-unsaturated/α-hetero) is 1. The average Bonchev–Trinajstić information content (AvgIpc) is 2.91. The van der Waals surface area contributed by atoms with Crippen LogP contribution in [-0.4, -0.2) is 35.9 Å². The molecule has 0 radical (unpaired) electrons. The van der Waals surface area contributed by atoms with Crippen molar-refractivity contribution in [2.24, 2.45) is 5.92 Å². The minimum Gasteiger partial charge on any atom is -0.465 e. The molecule has 4 rings (SSSR count). The Morgan fingerprint density at radius 3 is 2.68 bits per heavy atom. The highest BCUT2D eigenvalue weighted by atomic mass is 16.5. The number of hydrogen-bond acceptors (Lipinski definition) is 5. The summed E-state index contributed by atoms with van der Waals surface area (Å²) in [7, 11) is 0. The summed E-state index contributed by atoms with van der Waals surface area (Å²) in [4.78, 5) is 39.7. The van der Waals surface area contributed by atoms with Crippen LogP contribution < -0.4 is 4.90 Å². The summed E-state index contributed by atoms with van der Waals surface area (Å²) in [5, 5.41) is 11.6. The fourth-order valence-electron chi connectivity index (χ4n) is 4.29. The molecule has 0 saturated carbocycles. The number of ether oxygens (including phenoxy) is 1. The first-order valence-corrected chi connectivity index (χ1v) is 9.40. The molecular formula is C22H21NO5. The number of nitrogens with zero attached hydrogens (tertiary/aromatic N) is 1. The highest BCUT2D eigenvalue weighted by Crippen LogP contribution is 2.48. The van der Waals surface area contributed by atoms with Gasteiger partial charge in [-0.15, -0.1) is 0 Å². The quantitative estimate of drug-likeness (QED) is 0.824. The average molecular weight is 379 g/mol. The zero-order chi connectivity index (χ0) is 19.9. The largest absolute Gasteiger partial charge is 0.465 e. The van der Waals surface area contributed by atoms with Crippen LogP contribution in [0.3, 0.4) is 0 Å². The maximum Gasteiger partial charge on any atom is 0.326 e. The molecule has 2 aromatic rings. The Morgan fingerprint density at radius 1 is 1.18 bits per heavy atom. The Bertz CT molecular complexity index is 969. The summed E-state index contributed by atoms with van der Waals surface area (Å²) < 4.78 is 4.97. The number of para-hydroxylation sites is 1. The lowest BCUT2D eigenvalue weighted by molar-refractivity contribution is -0.146. The molecule has 2 aromatic carbocycles. The molecule has 1 N–H and O–H groups in total. The second-order valence-electron chi connectivity index (χ2n) is 7.09. The molecule has 0 aromatic heterocycles. The van der Waals surface area contributed by atoms with Gasteiger partial charge in [0.25, 0.3) is 5.91 Å². The summed E-state index contributed by atoms with van der Waals surface area (Å²) in [6, 6.07) is 14.0. The fraction of sp³-hybridized carbons (Fsp3) is 0.318. The minimum absolute atomic E-state index is 0.199. The maximum absolute atomic E-state index is 13.3. The number of rotatable bonds is 4. The summed E-state index contributed by atoms with van der Waals surface area (Å²) in [6.45, 7) is 1.58. The van der Waals surface area contributed by atoms with E-state index in [0.29, 0.717) is 29.7 Å². The second kappa shape index (κ2) is 6.87. The summed E-state index contributed by atoms with van der Waals surface area (Å²) in [5.74, 6) is -2.36. The third-order valence-electron chi connectivity index (χ3n) is 5.58. The number of ketones is 1. The smallest absolute Gasteiger partial charge is 0.326 e. The molecule has 1 aliphatic heterocycles. The van der Waals surface area contributed by atoms with E-state index in [1.165, 1.54) is 4.90 Å². The van der Waals surface area contributed by atoms with Crippen molar-refractivity contribution >= 4 is 23.3 Å². The van der Waals surface area contributed by atoms with Crippen LogP contribution in [0.1, 0.15) is 34.8 Å². The van der Waals surface area contributed by atoms with E-state index >= 15 is 0 Å². The summed E-state index contributed by atoms with van der Waals surface area (Å²) in [6.07, 6.45) is 0.960. The number of amides is 1. The van der Waals surface area contributed by atoms with Crippen molar-refractivity contribution in [2.75, 3.05) is 18.1 Å². The number of aryl methyl sites for hydroxylation is 1. The van der Waals surface area contributed by atoms with Crippen molar-refractivity contribution in [1.82, 2.24) is 0 Å². The van der Waals surface area contributed by atoms with Crippen LogP contribution in [0.5, 0.6) is 0 Å². The van der Waals surface area contributed by atoms with Crippen LogP contribution >= 0.6 is 0 Å². The third kappa shape index (κ3) is 2.64. The second-order valence-corrected chi connectivity index (χ2v) is 7.09. The topological polar surface area (TPSA) is 83.9 Å². The van der Waals surface area contributed by atoms with Crippen LogP contribution in [-0.2, 0) is 26.3 Å². The molecule has 0 saturated heterocycles. The molecule has 0 fully saturated rings. The zero-order valence-corrected chi connectivity index (χ0v) is 15.6. The number of hydrogen-bond donors (Lipinski definition) is 1. The highest BCUT2D eigenvalue weighted by molar-refractivity contribution is 6.13. The molecule has 2 atom stereocenters. The Labute approximate surface area is 162 Å². The van der Waals surface area contributed by atoms with Gasteiger partial charge in [-0.25, -0.2) is 0 Å². The van der Waals surface area contributed by atoms with Gasteiger partial charge in [-0.05, 0) is 31.4 Å². The van der Waals surface area contributed by atoms with Gasteiger partial charge in [-0.2, -0.15) is 0 Å². The van der Waals surface area contributed by atoms with Crippen LogP contribution in [0, 0.1) is 5.92 Å². The number of fused-ring (bicyclic) bond motifs is 2. The zero-order valence-electron chi connectivity index (χ0n) is 15.6. The monoisotopic (exact) mass is 379 g/mol. The van der Waals surface area contributed by atoms with Gasteiger partial charge in [0, 0.05) is 11.1 Å². The molecule has 0 spiro atoms. The molecule has 6 heteroatoms. The molecule has 144 valence electrons. The molecular weight excluding hydrogens is 358 g/mol. The molecule has 1 aliphatic carbocycles. The molecule has 0 bridgehead atoms. The van der Waals surface area contributed by atoms with Crippen molar-refractivity contribution < 1.29 is 24.2 Å². The van der Waals surface area contributed by atoms with E-state index in [1.807, 2.05) is 12.1 Å². The van der Waals surface area contributed by atoms with Crippen molar-refractivity contribution in [3.05, 3.63) is 65.2 Å². The van der Waals surface area contributed by atoms with E-state index in [9.17, 15) is 19.5 Å². The molecule has 1 amide bonds. The van der Waals surface area contributed by atoms with Gasteiger partial charge in [0.15, 0.2) is 11.4 Å². The van der Waals surface area contributed by atoms with E-state index in [2.05, 4.69) is 0 Å². The van der Waals surface area contributed by atoms with Gasteiger partial charge >= 0.3 is 5.97 Å². The number of carbonyl (C=O) groups is 3. The van der Waals surface area contributed by atoms with E-state index < -0.39 is 23.4 Å². The van der Waals surface area contributed by atoms with Crippen LogP contribution in [0.25, 0.3) is 0 Å². The van der Waals surface area contributed by atoms with Gasteiger partial charge in [0.1, 0.15) is 6.54 Å². The Morgan fingerprint density at radius 2 is 1.89 bits per heavy atom. The lowest BCUT2D eigenvalue weighted by Gasteiger charge is -2.34. The predicted octanol–water partition coefficient (Wildman–Crippen LogP) is 2.23. The lowest BCUT2D eigenvalue weighted by atomic mass is 9.71. The van der Waals surface area contributed by atoms with E-state index in [-0.39, 0.29) is 18.9 Å².